The molecular weight excluding hydrogens is 422 g/mol. The van der Waals surface area contributed by atoms with Crippen molar-refractivity contribution in [2.24, 2.45) is 0 Å². The summed E-state index contributed by atoms with van der Waals surface area (Å²) < 4.78 is 7.24. The molecule has 0 fully saturated rings. The number of thiazole rings is 1. The normalized spacial score (nSPS) is 13.1. The number of fused-ring (bicyclic) bond motifs is 2. The van der Waals surface area contributed by atoms with Gasteiger partial charge in [0.1, 0.15) is 6.54 Å². The smallest absolute Gasteiger partial charge is 0.306 e. The average Bonchev–Trinajstić information content (AvgIpc) is 3.17. The van der Waals surface area contributed by atoms with E-state index in [-0.39, 0.29) is 25.5 Å². The summed E-state index contributed by atoms with van der Waals surface area (Å²) in [7, 11) is 0. The number of ether oxygens (including phenoxy) is 1. The number of esters is 1. The van der Waals surface area contributed by atoms with Crippen LogP contribution >= 0.6 is 23.1 Å². The molecule has 0 spiro atoms. The molecule has 0 unspecified atom stereocenters. The zero-order valence-corrected chi connectivity index (χ0v) is 17.6. The lowest BCUT2D eigenvalue weighted by Gasteiger charge is -2.28. The van der Waals surface area contributed by atoms with Crippen molar-refractivity contribution in [3.05, 3.63) is 48.5 Å². The predicted octanol–water partition coefficient (Wildman–Crippen LogP) is 3.70. The van der Waals surface area contributed by atoms with Crippen LogP contribution in [0.25, 0.3) is 10.2 Å². The summed E-state index contributed by atoms with van der Waals surface area (Å²) in [6.45, 7) is -0.475. The van der Waals surface area contributed by atoms with Crippen molar-refractivity contribution in [3.63, 3.8) is 0 Å². The lowest BCUT2D eigenvalue weighted by molar-refractivity contribution is -0.147. The van der Waals surface area contributed by atoms with E-state index in [1.54, 1.807) is 47.4 Å². The van der Waals surface area contributed by atoms with Crippen LogP contribution in [0, 0.1) is 0 Å². The van der Waals surface area contributed by atoms with E-state index in [9.17, 15) is 14.4 Å². The topological polar surface area (TPSA) is 88.6 Å². The fourth-order valence-corrected chi connectivity index (χ4v) is 5.12. The summed E-state index contributed by atoms with van der Waals surface area (Å²) in [6.07, 6.45) is 0.852. The van der Waals surface area contributed by atoms with E-state index in [0.717, 1.165) is 20.3 Å². The number of anilines is 2. The summed E-state index contributed by atoms with van der Waals surface area (Å²) in [5, 5.41) is 2.72. The van der Waals surface area contributed by atoms with Gasteiger partial charge in [-0.05, 0) is 30.7 Å². The highest BCUT2D eigenvalue weighted by Crippen LogP contribution is 2.30. The Labute approximate surface area is 181 Å². The maximum Gasteiger partial charge on any atom is 0.306 e. The molecule has 1 N–H and O–H groups in total. The van der Waals surface area contributed by atoms with Crippen LogP contribution in [0.4, 0.5) is 11.4 Å². The number of nitrogens with zero attached hydrogens (tertiary/aromatic N) is 2. The number of thioether (sulfide) groups is 1. The molecule has 0 saturated carbocycles. The monoisotopic (exact) mass is 441 g/mol. The molecule has 4 rings (SSSR count). The number of benzene rings is 2. The molecular formula is C21H19N3O4S2. The van der Waals surface area contributed by atoms with E-state index in [2.05, 4.69) is 10.3 Å². The van der Waals surface area contributed by atoms with Crippen LogP contribution in [0.2, 0.25) is 0 Å². The molecule has 0 aliphatic carbocycles. The number of carbonyl (C=O) groups excluding carboxylic acids is 3. The van der Waals surface area contributed by atoms with Crippen LogP contribution in [0.1, 0.15) is 12.8 Å². The van der Waals surface area contributed by atoms with Gasteiger partial charge in [0.25, 0.3) is 5.91 Å². The molecule has 2 heterocycles. The number of aromatic nitrogens is 1. The number of hydrogen-bond donors (Lipinski definition) is 1. The van der Waals surface area contributed by atoms with Crippen LogP contribution in [0.15, 0.2) is 52.9 Å². The SMILES string of the molecule is O=C1CN(C(=O)COC(=O)CCCSc2nc3ccccc3s2)c2ccccc2N1. The molecule has 0 bridgehead atoms. The zero-order chi connectivity index (χ0) is 20.9. The highest BCUT2D eigenvalue weighted by Gasteiger charge is 2.27. The van der Waals surface area contributed by atoms with Gasteiger partial charge in [-0.3, -0.25) is 19.3 Å². The molecule has 0 saturated heterocycles. The van der Waals surface area contributed by atoms with Gasteiger partial charge in [0, 0.05) is 12.2 Å². The van der Waals surface area contributed by atoms with Crippen molar-refractivity contribution in [2.75, 3.05) is 29.1 Å². The second kappa shape index (κ2) is 9.27. The minimum absolute atomic E-state index is 0.0911. The molecule has 1 aromatic heterocycles. The molecule has 0 atom stereocenters. The molecule has 1 aliphatic rings. The minimum Gasteiger partial charge on any atom is -0.456 e. The number of nitrogens with one attached hydrogen (secondary N) is 1. The Kier molecular flexibility index (Phi) is 6.29. The Balaban J connectivity index is 1.21. The molecule has 7 nitrogen and oxygen atoms in total. The van der Waals surface area contributed by atoms with E-state index >= 15 is 0 Å². The number of hydrogen-bond acceptors (Lipinski definition) is 7. The Bertz CT molecular complexity index is 1070. The summed E-state index contributed by atoms with van der Waals surface area (Å²) in [5.74, 6) is -0.388. The van der Waals surface area contributed by atoms with Crippen molar-refractivity contribution < 1.29 is 19.1 Å². The maximum atomic E-state index is 12.5. The highest BCUT2D eigenvalue weighted by atomic mass is 32.2. The largest absolute Gasteiger partial charge is 0.456 e. The lowest BCUT2D eigenvalue weighted by atomic mass is 10.2. The zero-order valence-electron chi connectivity index (χ0n) is 16.0. The van der Waals surface area contributed by atoms with Gasteiger partial charge >= 0.3 is 5.97 Å². The Morgan fingerprint density at radius 2 is 1.97 bits per heavy atom. The first-order chi connectivity index (χ1) is 14.6. The van der Waals surface area contributed by atoms with Gasteiger partial charge in [0.15, 0.2) is 10.9 Å². The van der Waals surface area contributed by atoms with Gasteiger partial charge in [-0.25, -0.2) is 4.98 Å². The first kappa shape index (κ1) is 20.4. The average molecular weight is 442 g/mol. The van der Waals surface area contributed by atoms with Crippen LogP contribution in [0.5, 0.6) is 0 Å². The van der Waals surface area contributed by atoms with Crippen LogP contribution < -0.4 is 10.2 Å². The quantitative estimate of drug-likeness (QED) is 0.342. The van der Waals surface area contributed by atoms with Crippen molar-refractivity contribution in [1.29, 1.82) is 0 Å². The molecule has 3 aromatic rings. The van der Waals surface area contributed by atoms with E-state index in [1.807, 2.05) is 24.3 Å². The second-order valence-electron chi connectivity index (χ2n) is 6.61. The van der Waals surface area contributed by atoms with Crippen molar-refractivity contribution in [1.82, 2.24) is 4.98 Å². The van der Waals surface area contributed by atoms with Gasteiger partial charge in [-0.2, -0.15) is 0 Å². The van der Waals surface area contributed by atoms with E-state index in [0.29, 0.717) is 17.8 Å². The summed E-state index contributed by atoms with van der Waals surface area (Å²) in [5.41, 5.74) is 2.15. The third-order valence-corrected chi connectivity index (χ3v) is 6.72. The number of carbonyl (C=O) groups is 3. The predicted molar refractivity (Wildman–Crippen MR) is 118 cm³/mol. The fourth-order valence-electron chi connectivity index (χ4n) is 3.04. The number of amides is 2. The minimum atomic E-state index is -0.428. The van der Waals surface area contributed by atoms with E-state index < -0.39 is 11.9 Å². The Morgan fingerprint density at radius 3 is 2.83 bits per heavy atom. The van der Waals surface area contributed by atoms with Gasteiger partial charge in [0.2, 0.25) is 5.91 Å². The van der Waals surface area contributed by atoms with Crippen LogP contribution in [-0.2, 0) is 19.1 Å². The highest BCUT2D eigenvalue weighted by molar-refractivity contribution is 8.01. The Morgan fingerprint density at radius 1 is 1.17 bits per heavy atom. The van der Waals surface area contributed by atoms with Crippen molar-refractivity contribution in [2.45, 2.75) is 17.2 Å². The number of para-hydroxylation sites is 3. The lowest BCUT2D eigenvalue weighted by Crippen LogP contribution is -2.44. The fraction of sp³-hybridized carbons (Fsp3) is 0.238. The van der Waals surface area contributed by atoms with Crippen LogP contribution in [0.3, 0.4) is 0 Å². The van der Waals surface area contributed by atoms with E-state index in [1.165, 1.54) is 4.90 Å². The standard InChI is InChI=1S/C21H19N3O4S2/c25-18-12-24(16-8-3-1-6-14(16)22-18)19(26)13-28-20(27)10-5-11-29-21-23-15-7-2-4-9-17(15)30-21/h1-4,6-9H,5,10-13H2,(H,22,25). The van der Waals surface area contributed by atoms with Crippen molar-refractivity contribution in [3.8, 4) is 0 Å². The van der Waals surface area contributed by atoms with Gasteiger partial charge in [-0.1, -0.05) is 36.0 Å². The van der Waals surface area contributed by atoms with Crippen LogP contribution in [-0.4, -0.2) is 41.7 Å². The van der Waals surface area contributed by atoms with E-state index in [4.69, 9.17) is 4.74 Å². The third kappa shape index (κ3) is 4.80. The summed E-state index contributed by atoms with van der Waals surface area (Å²) in [4.78, 5) is 42.2. The molecule has 30 heavy (non-hydrogen) atoms. The Hall–Kier alpha value is -2.91. The third-order valence-electron chi connectivity index (χ3n) is 4.45. The molecule has 1 aliphatic heterocycles. The van der Waals surface area contributed by atoms with Crippen molar-refractivity contribution >= 4 is 62.5 Å². The number of rotatable bonds is 7. The summed E-state index contributed by atoms with van der Waals surface area (Å²) >= 11 is 3.24. The van der Waals surface area contributed by atoms with Gasteiger partial charge in [0.05, 0.1) is 21.6 Å². The van der Waals surface area contributed by atoms with Gasteiger partial charge < -0.3 is 10.1 Å². The molecule has 9 heteroatoms. The molecule has 154 valence electrons. The molecule has 0 radical (unpaired) electrons. The molecule has 2 amide bonds. The second-order valence-corrected chi connectivity index (χ2v) is 8.98. The first-order valence-electron chi connectivity index (χ1n) is 9.43. The summed E-state index contributed by atoms with van der Waals surface area (Å²) in [6, 6.07) is 15.0. The molecule has 2 aromatic carbocycles. The maximum absolute atomic E-state index is 12.5. The first-order valence-corrected chi connectivity index (χ1v) is 11.2. The van der Waals surface area contributed by atoms with Gasteiger partial charge in [-0.15, -0.1) is 11.3 Å².